The van der Waals surface area contributed by atoms with Crippen LogP contribution in [0.3, 0.4) is 0 Å². The molecule has 0 amide bonds. The van der Waals surface area contributed by atoms with Crippen LogP contribution in [0, 0.1) is 11.8 Å². The molecule has 0 aliphatic carbocycles. The summed E-state index contributed by atoms with van der Waals surface area (Å²) >= 11 is 0. The molecular weight excluding hydrogens is 747 g/mol. The second-order valence-electron chi connectivity index (χ2n) is 16.5. The highest BCUT2D eigenvalue weighted by molar-refractivity contribution is 5.69. The highest BCUT2D eigenvalue weighted by Crippen LogP contribution is 2.16. The van der Waals surface area contributed by atoms with Gasteiger partial charge < -0.3 is 33.3 Å². The first-order valence-electron chi connectivity index (χ1n) is 24.3. The molecule has 0 aromatic carbocycles. The second-order valence-corrected chi connectivity index (χ2v) is 16.5. The van der Waals surface area contributed by atoms with Gasteiger partial charge in [-0.1, -0.05) is 148 Å². The van der Waals surface area contributed by atoms with Crippen LogP contribution >= 0.6 is 0 Å². The summed E-state index contributed by atoms with van der Waals surface area (Å²) < 4.78 is 34.1. The van der Waals surface area contributed by atoms with Gasteiger partial charge in [-0.2, -0.15) is 0 Å². The van der Waals surface area contributed by atoms with E-state index < -0.39 is 24.3 Å². The summed E-state index contributed by atoms with van der Waals surface area (Å²) in [7, 11) is 0. The lowest BCUT2D eigenvalue weighted by atomic mass is 10.0. The number of unbranched alkanes of at least 4 members (excludes halogenated alkanes) is 18. The summed E-state index contributed by atoms with van der Waals surface area (Å²) in [5, 5.41) is 0. The maximum atomic E-state index is 12.9. The van der Waals surface area contributed by atoms with Crippen molar-refractivity contribution in [3.8, 4) is 0 Å². The van der Waals surface area contributed by atoms with E-state index in [1.54, 1.807) is 0 Å². The standard InChI is InChI=1S/C49H89NO9/c1-5-9-12-15-18-19-20-21-22-23-24-25-26-27-30-33-46(51)56-41-45(43-59-49(53)58-40-44-38-50(8-4)39-44)42-57-47(52)34-35-48(54-36-31-28-16-13-10-6-2)55-37-32-29-17-14-11-7-3/h18-19,21-22,44-45,48H,5-17,20,23-43H2,1-4H3/b19-18-,22-21-. The second kappa shape index (κ2) is 40.9. The number of esters is 2. The lowest BCUT2D eigenvalue weighted by molar-refractivity contribution is -0.161. The minimum atomic E-state index is -0.763. The van der Waals surface area contributed by atoms with E-state index in [1.807, 2.05) is 0 Å². The van der Waals surface area contributed by atoms with E-state index in [0.29, 0.717) is 38.6 Å². The maximum absolute atomic E-state index is 12.9. The Hall–Kier alpha value is -2.43. The molecule has 59 heavy (non-hydrogen) atoms. The topological polar surface area (TPSA) is 110 Å². The zero-order valence-corrected chi connectivity index (χ0v) is 38.4. The van der Waals surface area contributed by atoms with E-state index >= 15 is 0 Å². The zero-order valence-electron chi connectivity index (χ0n) is 38.4. The smallest absolute Gasteiger partial charge is 0.465 e. The van der Waals surface area contributed by atoms with Gasteiger partial charge in [0.15, 0.2) is 6.29 Å². The number of nitrogens with zero attached hydrogens (tertiary/aromatic N) is 1. The van der Waals surface area contributed by atoms with Crippen molar-refractivity contribution >= 4 is 18.1 Å². The number of likely N-dealkylation sites (tertiary alicyclic amines) is 1. The van der Waals surface area contributed by atoms with Crippen LogP contribution < -0.4 is 0 Å². The van der Waals surface area contributed by atoms with Crippen LogP contribution in [0.1, 0.15) is 195 Å². The van der Waals surface area contributed by atoms with Crippen molar-refractivity contribution in [2.75, 3.05) is 59.3 Å². The van der Waals surface area contributed by atoms with Crippen LogP contribution in [0.5, 0.6) is 0 Å². The summed E-state index contributed by atoms with van der Waals surface area (Å²) in [6.07, 6.45) is 35.1. The third kappa shape index (κ3) is 34.9. The minimum absolute atomic E-state index is 0.0148. The van der Waals surface area contributed by atoms with Crippen LogP contribution in [-0.4, -0.2) is 88.6 Å². The molecule has 1 unspecified atom stereocenters. The first kappa shape index (κ1) is 54.6. The minimum Gasteiger partial charge on any atom is -0.465 e. The number of hydrogen-bond donors (Lipinski definition) is 0. The van der Waals surface area contributed by atoms with Crippen LogP contribution in [-0.2, 0) is 38.0 Å². The largest absolute Gasteiger partial charge is 0.508 e. The number of rotatable bonds is 42. The van der Waals surface area contributed by atoms with Crippen LogP contribution in [0.15, 0.2) is 24.3 Å². The van der Waals surface area contributed by atoms with Gasteiger partial charge in [0.2, 0.25) is 0 Å². The molecule has 344 valence electrons. The molecule has 10 nitrogen and oxygen atoms in total. The number of carbonyl (C=O) groups is 3. The predicted molar refractivity (Wildman–Crippen MR) is 239 cm³/mol. The Morgan fingerprint density at radius 2 is 1.02 bits per heavy atom. The third-order valence-corrected chi connectivity index (χ3v) is 10.8. The molecule has 1 aliphatic rings. The summed E-state index contributed by atoms with van der Waals surface area (Å²) in [4.78, 5) is 40.3. The number of ether oxygens (including phenoxy) is 6. The third-order valence-electron chi connectivity index (χ3n) is 10.8. The maximum Gasteiger partial charge on any atom is 0.508 e. The van der Waals surface area contributed by atoms with Crippen molar-refractivity contribution in [2.45, 2.75) is 201 Å². The average Bonchev–Trinajstić information content (AvgIpc) is 3.22. The Morgan fingerprint density at radius 3 is 1.59 bits per heavy atom. The fourth-order valence-electron chi connectivity index (χ4n) is 6.89. The van der Waals surface area contributed by atoms with E-state index in [4.69, 9.17) is 28.4 Å². The molecule has 1 aliphatic heterocycles. The average molecular weight is 836 g/mol. The first-order valence-corrected chi connectivity index (χ1v) is 24.3. The molecule has 1 rings (SSSR count). The van der Waals surface area contributed by atoms with E-state index in [9.17, 15) is 14.4 Å². The van der Waals surface area contributed by atoms with Gasteiger partial charge in [0.25, 0.3) is 0 Å². The summed E-state index contributed by atoms with van der Waals surface area (Å²) in [6.45, 7) is 12.9. The molecule has 0 saturated carbocycles. The van der Waals surface area contributed by atoms with Crippen molar-refractivity contribution < 1.29 is 42.8 Å². The molecule has 0 radical (unpaired) electrons. The van der Waals surface area contributed by atoms with E-state index in [-0.39, 0.29) is 32.2 Å². The lowest BCUT2D eigenvalue weighted by Gasteiger charge is -2.37. The number of carbonyl (C=O) groups excluding carboxylic acids is 3. The fraction of sp³-hybridized carbons (Fsp3) is 0.857. The number of hydrogen-bond acceptors (Lipinski definition) is 10. The van der Waals surface area contributed by atoms with Gasteiger partial charge in [-0.25, -0.2) is 4.79 Å². The predicted octanol–water partition coefficient (Wildman–Crippen LogP) is 12.5. The van der Waals surface area contributed by atoms with Gasteiger partial charge >= 0.3 is 18.1 Å². The van der Waals surface area contributed by atoms with Crippen molar-refractivity contribution in [1.29, 1.82) is 0 Å². The monoisotopic (exact) mass is 836 g/mol. The van der Waals surface area contributed by atoms with Gasteiger partial charge in [0.05, 0.1) is 12.3 Å². The Kier molecular flexibility index (Phi) is 37.9. The van der Waals surface area contributed by atoms with Gasteiger partial charge in [-0.3, -0.25) is 9.59 Å². The summed E-state index contributed by atoms with van der Waals surface area (Å²) in [5.41, 5.74) is 0. The molecule has 1 atom stereocenters. The van der Waals surface area contributed by atoms with Crippen molar-refractivity contribution in [3.63, 3.8) is 0 Å². The van der Waals surface area contributed by atoms with Gasteiger partial charge in [-0.15, -0.1) is 0 Å². The molecule has 0 aromatic heterocycles. The Labute approximate surface area is 361 Å². The molecular formula is C49H89NO9. The molecule has 0 N–H and O–H groups in total. The Morgan fingerprint density at radius 1 is 0.542 bits per heavy atom. The highest BCUT2D eigenvalue weighted by atomic mass is 16.7. The van der Waals surface area contributed by atoms with Crippen LogP contribution in [0.4, 0.5) is 4.79 Å². The van der Waals surface area contributed by atoms with Crippen LogP contribution in [0.25, 0.3) is 0 Å². The molecule has 0 spiro atoms. The lowest BCUT2D eigenvalue weighted by Crippen LogP contribution is -2.48. The van der Waals surface area contributed by atoms with Crippen molar-refractivity contribution in [3.05, 3.63) is 24.3 Å². The quantitative estimate of drug-likeness (QED) is 0.0194. The fourth-order valence-corrected chi connectivity index (χ4v) is 6.89. The molecule has 10 heteroatoms. The molecule has 0 aromatic rings. The van der Waals surface area contributed by atoms with E-state index in [1.165, 1.54) is 77.0 Å². The van der Waals surface area contributed by atoms with Gasteiger partial charge in [0, 0.05) is 45.1 Å². The summed E-state index contributed by atoms with van der Waals surface area (Å²) in [5.74, 6) is -0.894. The van der Waals surface area contributed by atoms with Crippen LogP contribution in [0.2, 0.25) is 0 Å². The number of allylic oxidation sites excluding steroid dienone is 4. The highest BCUT2D eigenvalue weighted by Gasteiger charge is 2.27. The Balaban J connectivity index is 2.49. The zero-order chi connectivity index (χ0) is 42.9. The summed E-state index contributed by atoms with van der Waals surface area (Å²) in [6, 6.07) is 0. The molecule has 1 fully saturated rings. The van der Waals surface area contributed by atoms with Gasteiger partial charge in [0.1, 0.15) is 26.4 Å². The Bertz CT molecular complexity index is 1030. The normalized spacial score (nSPS) is 14.0. The SMILES string of the molecule is CCCCC/C=C\C/C=C\CCCCCCCC(=O)OCC(COC(=O)CCC(OCCCCCCCC)OCCCCCCCC)COC(=O)OCC1CN(CC)C1. The molecule has 1 saturated heterocycles. The molecule has 0 bridgehead atoms. The van der Waals surface area contributed by atoms with Crippen molar-refractivity contribution in [1.82, 2.24) is 4.90 Å². The first-order chi connectivity index (χ1) is 28.9. The van der Waals surface area contributed by atoms with Crippen molar-refractivity contribution in [2.24, 2.45) is 11.8 Å². The van der Waals surface area contributed by atoms with E-state index in [0.717, 1.165) is 90.3 Å². The molecule has 1 heterocycles. The van der Waals surface area contributed by atoms with E-state index in [2.05, 4.69) is 56.9 Å². The van der Waals surface area contributed by atoms with Gasteiger partial charge in [-0.05, 0) is 57.9 Å².